The maximum atomic E-state index is 13.9. The standard InChI is InChI=1S/C18H11Cl4F3N4O3S/c1-7-4-13(8(2)3-10(7)20)33(31,32)27-17(30)14-16(18(23,24)25)29(28-26-14)15-11(21)5-9(19)6-12(15)22/h3-6H,1-2H3,(H,27,30). The summed E-state index contributed by atoms with van der Waals surface area (Å²) < 4.78 is 68.9. The van der Waals surface area contributed by atoms with Crippen molar-refractivity contribution in [3.8, 4) is 5.69 Å². The molecule has 15 heteroatoms. The number of sulfonamides is 1. The van der Waals surface area contributed by atoms with Crippen molar-refractivity contribution in [2.75, 3.05) is 0 Å². The summed E-state index contributed by atoms with van der Waals surface area (Å²) in [7, 11) is -4.59. The van der Waals surface area contributed by atoms with Gasteiger partial charge in [-0.3, -0.25) is 4.79 Å². The van der Waals surface area contributed by atoms with Crippen LogP contribution in [0.4, 0.5) is 13.2 Å². The minimum Gasteiger partial charge on any atom is -0.266 e. The van der Waals surface area contributed by atoms with E-state index >= 15 is 0 Å². The highest BCUT2D eigenvalue weighted by Gasteiger charge is 2.43. The zero-order valence-electron chi connectivity index (χ0n) is 16.4. The molecular formula is C18H11Cl4F3N4O3S. The van der Waals surface area contributed by atoms with Crippen molar-refractivity contribution in [3.63, 3.8) is 0 Å². The van der Waals surface area contributed by atoms with Crippen LogP contribution < -0.4 is 4.72 Å². The lowest BCUT2D eigenvalue weighted by atomic mass is 10.2. The lowest BCUT2D eigenvalue weighted by Gasteiger charge is -2.14. The maximum absolute atomic E-state index is 13.9. The number of alkyl halides is 3. The molecule has 0 bridgehead atoms. The number of hydrogen-bond acceptors (Lipinski definition) is 5. The van der Waals surface area contributed by atoms with Crippen LogP contribution in [0, 0.1) is 13.8 Å². The summed E-state index contributed by atoms with van der Waals surface area (Å²) in [5.74, 6) is -1.67. The van der Waals surface area contributed by atoms with Crippen molar-refractivity contribution in [2.45, 2.75) is 24.9 Å². The lowest BCUT2D eigenvalue weighted by Crippen LogP contribution is -2.33. The van der Waals surface area contributed by atoms with Crippen LogP contribution in [0.15, 0.2) is 29.2 Å². The van der Waals surface area contributed by atoms with E-state index in [9.17, 15) is 26.4 Å². The van der Waals surface area contributed by atoms with E-state index in [2.05, 4.69) is 10.3 Å². The predicted molar refractivity (Wildman–Crippen MR) is 117 cm³/mol. The molecule has 0 atom stereocenters. The first-order valence-corrected chi connectivity index (χ1v) is 11.6. The number of aryl methyl sites for hydroxylation is 2. The van der Waals surface area contributed by atoms with E-state index < -0.39 is 39.2 Å². The first-order valence-electron chi connectivity index (χ1n) is 8.65. The van der Waals surface area contributed by atoms with Crippen LogP contribution in [0.2, 0.25) is 20.1 Å². The average molecular weight is 562 g/mol. The molecule has 1 amide bonds. The number of carbonyl (C=O) groups excluding carboxylic acids is 1. The molecule has 0 unspecified atom stereocenters. The Balaban J connectivity index is 2.11. The van der Waals surface area contributed by atoms with Gasteiger partial charge in [-0.05, 0) is 49.2 Å². The Morgan fingerprint density at radius 3 is 2.09 bits per heavy atom. The quantitative estimate of drug-likeness (QED) is 0.445. The van der Waals surface area contributed by atoms with Gasteiger partial charge in [0.2, 0.25) is 0 Å². The monoisotopic (exact) mass is 560 g/mol. The molecule has 1 aromatic heterocycles. The number of hydrogen-bond donors (Lipinski definition) is 1. The highest BCUT2D eigenvalue weighted by Crippen LogP contribution is 2.38. The Labute approximate surface area is 205 Å². The number of nitrogens with zero attached hydrogens (tertiary/aromatic N) is 3. The molecule has 2 aromatic carbocycles. The molecular weight excluding hydrogens is 551 g/mol. The third kappa shape index (κ3) is 5.07. The highest BCUT2D eigenvalue weighted by molar-refractivity contribution is 7.90. The molecule has 0 radical (unpaired) electrons. The van der Waals surface area contributed by atoms with Crippen LogP contribution in [-0.4, -0.2) is 29.3 Å². The fraction of sp³-hybridized carbons (Fsp3) is 0.167. The second-order valence-corrected chi connectivity index (χ2v) is 10.0. The van der Waals surface area contributed by atoms with Crippen LogP contribution in [0.3, 0.4) is 0 Å². The lowest BCUT2D eigenvalue weighted by molar-refractivity contribution is -0.143. The van der Waals surface area contributed by atoms with Crippen LogP contribution in [-0.2, 0) is 16.2 Å². The summed E-state index contributed by atoms with van der Waals surface area (Å²) in [6.45, 7) is 2.93. The third-order valence-electron chi connectivity index (χ3n) is 4.32. The van der Waals surface area contributed by atoms with E-state index in [1.54, 1.807) is 4.72 Å². The highest BCUT2D eigenvalue weighted by atomic mass is 35.5. The number of benzene rings is 2. The first kappa shape index (κ1) is 25.6. The molecule has 3 aromatic rings. The van der Waals surface area contributed by atoms with Crippen LogP contribution in [0.1, 0.15) is 27.3 Å². The van der Waals surface area contributed by atoms with Gasteiger partial charge in [-0.1, -0.05) is 51.6 Å². The largest absolute Gasteiger partial charge is 0.435 e. The second kappa shape index (κ2) is 8.95. The summed E-state index contributed by atoms with van der Waals surface area (Å²) in [5, 5.41) is 6.27. The Kier molecular flexibility index (Phi) is 6.94. The van der Waals surface area contributed by atoms with Crippen molar-refractivity contribution in [3.05, 3.63) is 66.9 Å². The maximum Gasteiger partial charge on any atom is 0.435 e. The fourth-order valence-corrected chi connectivity index (χ4v) is 5.31. The van der Waals surface area contributed by atoms with Crippen molar-refractivity contribution in [1.29, 1.82) is 0 Å². The van der Waals surface area contributed by atoms with Crippen molar-refractivity contribution >= 4 is 62.3 Å². The molecule has 0 saturated heterocycles. The number of nitrogens with one attached hydrogen (secondary N) is 1. The van der Waals surface area contributed by atoms with Crippen molar-refractivity contribution in [1.82, 2.24) is 19.7 Å². The molecule has 0 aliphatic rings. The zero-order chi connectivity index (χ0) is 24.9. The van der Waals surface area contributed by atoms with Crippen LogP contribution in [0.5, 0.6) is 0 Å². The Morgan fingerprint density at radius 1 is 0.970 bits per heavy atom. The molecule has 0 aliphatic heterocycles. The summed E-state index contributed by atoms with van der Waals surface area (Å²) >= 11 is 23.7. The molecule has 0 aliphatic carbocycles. The number of rotatable bonds is 4. The molecule has 0 fully saturated rings. The number of halogens is 7. The van der Waals surface area contributed by atoms with Crippen LogP contribution >= 0.6 is 46.4 Å². The molecule has 3 rings (SSSR count). The molecule has 33 heavy (non-hydrogen) atoms. The average Bonchev–Trinajstić information content (AvgIpc) is 3.08. The number of aromatic nitrogens is 3. The SMILES string of the molecule is Cc1cc(S(=O)(=O)NC(=O)c2nnn(-c3c(Cl)cc(Cl)cc3Cl)c2C(F)(F)F)c(C)cc1Cl. The van der Waals surface area contributed by atoms with Gasteiger partial charge in [0, 0.05) is 10.0 Å². The molecule has 1 heterocycles. The van der Waals surface area contributed by atoms with Gasteiger partial charge < -0.3 is 0 Å². The van der Waals surface area contributed by atoms with Gasteiger partial charge in [-0.15, -0.1) is 5.10 Å². The Hall–Kier alpha value is -2.05. The van der Waals surface area contributed by atoms with E-state index in [0.717, 1.165) is 12.1 Å². The zero-order valence-corrected chi connectivity index (χ0v) is 20.3. The Morgan fingerprint density at radius 2 is 1.55 bits per heavy atom. The third-order valence-corrected chi connectivity index (χ3v) is 6.99. The van der Waals surface area contributed by atoms with Gasteiger partial charge >= 0.3 is 6.18 Å². The van der Waals surface area contributed by atoms with E-state index in [4.69, 9.17) is 46.4 Å². The summed E-state index contributed by atoms with van der Waals surface area (Å²) in [5.41, 5.74) is -2.90. The summed E-state index contributed by atoms with van der Waals surface area (Å²) in [4.78, 5) is 12.3. The Bertz CT molecular complexity index is 1370. The number of amides is 1. The predicted octanol–water partition coefficient (Wildman–Crippen LogP) is 5.64. The molecule has 0 spiro atoms. The van der Waals surface area contributed by atoms with Gasteiger partial charge in [0.1, 0.15) is 5.69 Å². The van der Waals surface area contributed by atoms with Crippen molar-refractivity contribution in [2.24, 2.45) is 0 Å². The minimum absolute atomic E-state index is 0.0418. The van der Waals surface area contributed by atoms with Gasteiger partial charge in [-0.25, -0.2) is 17.8 Å². The van der Waals surface area contributed by atoms with Gasteiger partial charge in [0.05, 0.1) is 14.9 Å². The molecule has 1 N–H and O–H groups in total. The molecule has 176 valence electrons. The first-order chi connectivity index (χ1) is 15.1. The molecule has 0 saturated carbocycles. The van der Waals surface area contributed by atoms with Crippen molar-refractivity contribution < 1.29 is 26.4 Å². The van der Waals surface area contributed by atoms with E-state index in [1.165, 1.54) is 26.0 Å². The summed E-state index contributed by atoms with van der Waals surface area (Å²) in [6, 6.07) is 4.75. The normalized spacial score (nSPS) is 12.2. The topological polar surface area (TPSA) is 93.9 Å². The number of carbonyl (C=O) groups is 1. The van der Waals surface area contributed by atoms with E-state index in [0.29, 0.717) is 5.56 Å². The molecule has 7 nitrogen and oxygen atoms in total. The summed E-state index contributed by atoms with van der Waals surface area (Å²) in [6.07, 6.45) is -5.20. The van der Waals surface area contributed by atoms with Gasteiger partial charge in [0.25, 0.3) is 15.9 Å². The van der Waals surface area contributed by atoms with E-state index in [-0.39, 0.29) is 35.2 Å². The minimum atomic E-state index is -5.20. The smallest absolute Gasteiger partial charge is 0.266 e. The fourth-order valence-electron chi connectivity index (χ4n) is 2.85. The van der Waals surface area contributed by atoms with Gasteiger partial charge in [-0.2, -0.15) is 13.2 Å². The van der Waals surface area contributed by atoms with Crippen LogP contribution in [0.25, 0.3) is 5.69 Å². The van der Waals surface area contributed by atoms with E-state index in [1.807, 2.05) is 0 Å². The van der Waals surface area contributed by atoms with Gasteiger partial charge in [0.15, 0.2) is 11.4 Å². The second-order valence-electron chi connectivity index (χ2n) is 6.72.